The quantitative estimate of drug-likeness (QED) is 0.493. The Kier molecular flexibility index (Phi) is 3.20. The van der Waals surface area contributed by atoms with E-state index in [1.165, 1.54) is 25.3 Å². The highest BCUT2D eigenvalue weighted by Crippen LogP contribution is 2.32. The zero-order chi connectivity index (χ0) is 13.3. The number of rotatable bonds is 2. The van der Waals surface area contributed by atoms with Crippen molar-refractivity contribution >= 4 is 29.2 Å². The Morgan fingerprint density at radius 2 is 2.00 bits per heavy atom. The average molecular weight is 266 g/mol. The number of hydrogen-bond acceptors (Lipinski definition) is 6. The lowest BCUT2D eigenvalue weighted by molar-refractivity contribution is -0.139. The van der Waals surface area contributed by atoms with Gasteiger partial charge in [-0.3, -0.25) is 4.79 Å². The first-order valence-corrected chi connectivity index (χ1v) is 5.47. The smallest absolute Gasteiger partial charge is 0.310 e. The maximum atomic E-state index is 11.3. The fourth-order valence-corrected chi connectivity index (χ4v) is 1.86. The van der Waals surface area contributed by atoms with Gasteiger partial charge in [-0.25, -0.2) is 0 Å². The molecular weight excluding hydrogens is 256 g/mol. The first-order chi connectivity index (χ1) is 8.51. The third-order valence-corrected chi connectivity index (χ3v) is 2.69. The molecule has 94 valence electrons. The third-order valence-electron chi connectivity index (χ3n) is 2.49. The summed E-state index contributed by atoms with van der Waals surface area (Å²) < 4.78 is 10.0. The minimum Gasteiger partial charge on any atom is -0.504 e. The Balaban J connectivity index is 2.68. The van der Waals surface area contributed by atoms with Gasteiger partial charge in [-0.05, 0) is 29.9 Å². The van der Waals surface area contributed by atoms with E-state index in [1.807, 2.05) is 0 Å². The summed E-state index contributed by atoms with van der Waals surface area (Å²) in [5.41, 5.74) is 0.875. The minimum atomic E-state index is -0.426. The second kappa shape index (κ2) is 4.66. The maximum Gasteiger partial charge on any atom is 0.310 e. The molecule has 0 amide bonds. The van der Waals surface area contributed by atoms with E-state index in [-0.39, 0.29) is 22.6 Å². The van der Waals surface area contributed by atoms with E-state index < -0.39 is 5.97 Å². The predicted molar refractivity (Wildman–Crippen MR) is 66.1 cm³/mol. The number of benzene rings is 1. The molecule has 6 heteroatoms. The topological polar surface area (TPSA) is 79.9 Å². The van der Waals surface area contributed by atoms with Crippen LogP contribution in [0.25, 0.3) is 11.0 Å². The molecule has 0 aliphatic rings. The molecular formula is C12H10O5S. The molecule has 0 bridgehead atoms. The second-order valence-corrected chi connectivity index (χ2v) is 4.08. The van der Waals surface area contributed by atoms with Crippen molar-refractivity contribution in [3.05, 3.63) is 28.5 Å². The van der Waals surface area contributed by atoms with E-state index in [1.54, 1.807) is 0 Å². The molecule has 0 saturated carbocycles. The summed E-state index contributed by atoms with van der Waals surface area (Å²) in [6, 6.07) is 4.09. The van der Waals surface area contributed by atoms with Gasteiger partial charge in [0.15, 0.2) is 16.2 Å². The molecule has 0 atom stereocenters. The SMILES string of the molecule is COC(=O)Cc1cc(=S)oc2cc(O)c(O)cc12. The number of carbonyl (C=O) groups is 1. The normalized spacial score (nSPS) is 10.5. The number of esters is 1. The Morgan fingerprint density at radius 1 is 1.33 bits per heavy atom. The molecule has 2 N–H and O–H groups in total. The first kappa shape index (κ1) is 12.4. The summed E-state index contributed by atoms with van der Waals surface area (Å²) >= 11 is 4.93. The van der Waals surface area contributed by atoms with Gasteiger partial charge < -0.3 is 19.4 Å². The molecule has 0 spiro atoms. The van der Waals surface area contributed by atoms with E-state index in [0.29, 0.717) is 16.5 Å². The standard InChI is InChI=1S/C12H10O5S/c1-16-11(15)2-6-3-12(18)17-10-5-9(14)8(13)4-7(6)10/h3-5,13-14H,2H2,1H3. The van der Waals surface area contributed by atoms with E-state index in [0.717, 1.165) is 0 Å². The van der Waals surface area contributed by atoms with Crippen LogP contribution in [-0.2, 0) is 16.0 Å². The molecule has 1 aromatic carbocycles. The number of ether oxygens (including phenoxy) is 1. The Hall–Kier alpha value is -2.08. The number of methoxy groups -OCH3 is 1. The molecule has 0 unspecified atom stereocenters. The van der Waals surface area contributed by atoms with Crippen molar-refractivity contribution in [2.75, 3.05) is 7.11 Å². The maximum absolute atomic E-state index is 11.3. The molecule has 0 aliphatic carbocycles. The summed E-state index contributed by atoms with van der Waals surface area (Å²) in [5, 5.41) is 19.4. The summed E-state index contributed by atoms with van der Waals surface area (Å²) in [4.78, 5) is 11.3. The van der Waals surface area contributed by atoms with Crippen LogP contribution < -0.4 is 0 Å². The lowest BCUT2D eigenvalue weighted by Gasteiger charge is -2.06. The van der Waals surface area contributed by atoms with Gasteiger partial charge in [-0.1, -0.05) is 0 Å². The summed E-state index contributed by atoms with van der Waals surface area (Å²) in [7, 11) is 1.29. The summed E-state index contributed by atoms with van der Waals surface area (Å²) in [5.74, 6) is -1.03. The van der Waals surface area contributed by atoms with Crippen LogP contribution in [0.1, 0.15) is 5.56 Å². The van der Waals surface area contributed by atoms with Crippen LogP contribution in [0.4, 0.5) is 0 Å². The average Bonchev–Trinajstić information content (AvgIpc) is 2.31. The van der Waals surface area contributed by atoms with E-state index in [9.17, 15) is 15.0 Å². The van der Waals surface area contributed by atoms with Crippen molar-refractivity contribution in [3.8, 4) is 11.5 Å². The molecule has 0 fully saturated rings. The van der Waals surface area contributed by atoms with Crippen molar-refractivity contribution in [3.63, 3.8) is 0 Å². The van der Waals surface area contributed by atoms with Gasteiger partial charge in [-0.2, -0.15) is 0 Å². The van der Waals surface area contributed by atoms with Crippen molar-refractivity contribution in [2.24, 2.45) is 0 Å². The van der Waals surface area contributed by atoms with Crippen LogP contribution in [0, 0.1) is 4.71 Å². The highest BCUT2D eigenvalue weighted by atomic mass is 32.1. The zero-order valence-electron chi connectivity index (χ0n) is 9.47. The number of phenols is 2. The van der Waals surface area contributed by atoms with E-state index >= 15 is 0 Å². The van der Waals surface area contributed by atoms with Crippen LogP contribution in [0.2, 0.25) is 0 Å². The number of phenolic OH excluding ortho intramolecular Hbond substituents is 2. The fraction of sp³-hybridized carbons (Fsp3) is 0.167. The second-order valence-electron chi connectivity index (χ2n) is 3.68. The van der Waals surface area contributed by atoms with Crippen LogP contribution in [0.15, 0.2) is 22.6 Å². The van der Waals surface area contributed by atoms with Gasteiger partial charge in [0, 0.05) is 11.5 Å². The lowest BCUT2D eigenvalue weighted by Crippen LogP contribution is -2.04. The number of hydrogen-bond donors (Lipinski definition) is 2. The minimum absolute atomic E-state index is 0.0111. The lowest BCUT2D eigenvalue weighted by atomic mass is 10.1. The van der Waals surface area contributed by atoms with Crippen LogP contribution in [0.5, 0.6) is 11.5 Å². The molecule has 0 aliphatic heterocycles. The summed E-state index contributed by atoms with van der Waals surface area (Å²) in [6.07, 6.45) is 0.0111. The van der Waals surface area contributed by atoms with Crippen molar-refractivity contribution in [1.29, 1.82) is 0 Å². The zero-order valence-corrected chi connectivity index (χ0v) is 10.3. The van der Waals surface area contributed by atoms with Crippen LogP contribution in [0.3, 0.4) is 0 Å². The molecule has 2 rings (SSSR count). The van der Waals surface area contributed by atoms with Gasteiger partial charge in [0.2, 0.25) is 0 Å². The molecule has 0 saturated heterocycles. The Morgan fingerprint density at radius 3 is 2.67 bits per heavy atom. The molecule has 1 aromatic heterocycles. The van der Waals surface area contributed by atoms with E-state index in [2.05, 4.69) is 4.74 Å². The largest absolute Gasteiger partial charge is 0.504 e. The molecule has 1 heterocycles. The highest BCUT2D eigenvalue weighted by Gasteiger charge is 2.12. The van der Waals surface area contributed by atoms with Gasteiger partial charge in [-0.15, -0.1) is 0 Å². The van der Waals surface area contributed by atoms with Crippen molar-refractivity contribution < 1.29 is 24.2 Å². The van der Waals surface area contributed by atoms with Gasteiger partial charge in [0.05, 0.1) is 13.5 Å². The third kappa shape index (κ3) is 2.28. The molecule has 5 nitrogen and oxygen atoms in total. The monoisotopic (exact) mass is 266 g/mol. The van der Waals surface area contributed by atoms with Crippen LogP contribution >= 0.6 is 12.2 Å². The number of aromatic hydroxyl groups is 2. The Labute approximate surface area is 107 Å². The van der Waals surface area contributed by atoms with Gasteiger partial charge in [0.1, 0.15) is 5.58 Å². The fourth-order valence-electron chi connectivity index (χ4n) is 1.62. The Bertz CT molecular complexity index is 674. The molecule has 2 aromatic rings. The van der Waals surface area contributed by atoms with E-state index in [4.69, 9.17) is 16.6 Å². The van der Waals surface area contributed by atoms with Crippen LogP contribution in [-0.4, -0.2) is 23.3 Å². The van der Waals surface area contributed by atoms with Gasteiger partial charge in [0.25, 0.3) is 0 Å². The molecule has 0 radical (unpaired) electrons. The summed E-state index contributed by atoms with van der Waals surface area (Å²) in [6.45, 7) is 0. The van der Waals surface area contributed by atoms with Crippen molar-refractivity contribution in [1.82, 2.24) is 0 Å². The number of carbonyl (C=O) groups excluding carboxylic acids is 1. The van der Waals surface area contributed by atoms with Crippen molar-refractivity contribution in [2.45, 2.75) is 6.42 Å². The number of fused-ring (bicyclic) bond motifs is 1. The first-order valence-electron chi connectivity index (χ1n) is 5.07. The molecule has 18 heavy (non-hydrogen) atoms. The predicted octanol–water partition coefficient (Wildman–Crippen LogP) is 2.29. The highest BCUT2D eigenvalue weighted by molar-refractivity contribution is 7.71. The van der Waals surface area contributed by atoms with Gasteiger partial charge >= 0.3 is 5.97 Å².